The molecule has 0 saturated carbocycles. The van der Waals surface area contributed by atoms with Gasteiger partial charge in [0.05, 0.1) is 0 Å². The summed E-state index contributed by atoms with van der Waals surface area (Å²) in [6, 6.07) is 1.61. The summed E-state index contributed by atoms with van der Waals surface area (Å²) < 4.78 is 4.81. The van der Waals surface area contributed by atoms with Gasteiger partial charge in [0.2, 0.25) is 5.95 Å². The second-order valence-corrected chi connectivity index (χ2v) is 3.13. The number of rotatable bonds is 5. The number of amides is 2. The van der Waals surface area contributed by atoms with Crippen LogP contribution in [0.2, 0.25) is 0 Å². The van der Waals surface area contributed by atoms with Crippen LogP contribution in [0.3, 0.4) is 0 Å². The molecule has 2 amide bonds. The first kappa shape index (κ1) is 13.0. The average molecular weight is 238 g/mol. The van der Waals surface area contributed by atoms with Crippen LogP contribution in [-0.4, -0.2) is 42.0 Å². The van der Waals surface area contributed by atoms with E-state index in [1.165, 1.54) is 12.4 Å². The quantitative estimate of drug-likeness (QED) is 0.536. The summed E-state index contributed by atoms with van der Waals surface area (Å²) in [7, 11) is 1.57. The van der Waals surface area contributed by atoms with Gasteiger partial charge in [-0.1, -0.05) is 0 Å². The fraction of sp³-hybridized carbons (Fsp3) is 0.400. The summed E-state index contributed by atoms with van der Waals surface area (Å²) >= 11 is 0. The van der Waals surface area contributed by atoms with E-state index in [2.05, 4.69) is 20.6 Å². The van der Waals surface area contributed by atoms with Gasteiger partial charge in [0.25, 0.3) is 0 Å². The van der Waals surface area contributed by atoms with E-state index < -0.39 is 11.8 Å². The van der Waals surface area contributed by atoms with Crippen LogP contribution in [0.5, 0.6) is 0 Å². The summed E-state index contributed by atoms with van der Waals surface area (Å²) in [4.78, 5) is 30.2. The van der Waals surface area contributed by atoms with Crippen LogP contribution in [0.15, 0.2) is 18.5 Å². The molecule has 0 radical (unpaired) electrons. The Balaban J connectivity index is 2.30. The SMILES string of the molecule is COCCCNC(=O)C(=O)Nc1ncccn1. The van der Waals surface area contributed by atoms with Crippen molar-refractivity contribution in [2.24, 2.45) is 0 Å². The lowest BCUT2D eigenvalue weighted by Gasteiger charge is -2.04. The van der Waals surface area contributed by atoms with E-state index in [-0.39, 0.29) is 5.95 Å². The Morgan fingerprint density at radius 1 is 1.29 bits per heavy atom. The first-order valence-corrected chi connectivity index (χ1v) is 5.09. The second-order valence-electron chi connectivity index (χ2n) is 3.13. The molecule has 0 aliphatic rings. The highest BCUT2D eigenvalue weighted by molar-refractivity contribution is 6.39. The van der Waals surface area contributed by atoms with Gasteiger partial charge in [-0.2, -0.15) is 0 Å². The number of ether oxygens (including phenoxy) is 1. The first-order valence-electron chi connectivity index (χ1n) is 5.09. The van der Waals surface area contributed by atoms with E-state index >= 15 is 0 Å². The zero-order valence-electron chi connectivity index (χ0n) is 9.47. The maximum absolute atomic E-state index is 11.3. The first-order chi connectivity index (χ1) is 8.24. The highest BCUT2D eigenvalue weighted by Gasteiger charge is 2.13. The molecule has 0 aromatic carbocycles. The lowest BCUT2D eigenvalue weighted by Crippen LogP contribution is -2.36. The highest BCUT2D eigenvalue weighted by atomic mass is 16.5. The molecule has 7 nitrogen and oxygen atoms in total. The third-order valence-electron chi connectivity index (χ3n) is 1.81. The molecule has 0 spiro atoms. The summed E-state index contributed by atoms with van der Waals surface area (Å²) in [6.07, 6.45) is 3.59. The number of anilines is 1. The Kier molecular flexibility index (Phi) is 5.59. The zero-order valence-corrected chi connectivity index (χ0v) is 9.47. The fourth-order valence-corrected chi connectivity index (χ4v) is 1.02. The molecule has 92 valence electrons. The zero-order chi connectivity index (χ0) is 12.5. The molecule has 0 bridgehead atoms. The Morgan fingerprint density at radius 3 is 2.65 bits per heavy atom. The van der Waals surface area contributed by atoms with Crippen LogP contribution >= 0.6 is 0 Å². The summed E-state index contributed by atoms with van der Waals surface area (Å²) in [5.41, 5.74) is 0. The maximum Gasteiger partial charge on any atom is 0.316 e. The van der Waals surface area contributed by atoms with Crippen molar-refractivity contribution >= 4 is 17.8 Å². The van der Waals surface area contributed by atoms with E-state index in [0.29, 0.717) is 19.6 Å². The van der Waals surface area contributed by atoms with E-state index in [9.17, 15) is 9.59 Å². The van der Waals surface area contributed by atoms with Crippen LogP contribution in [0, 0.1) is 0 Å². The average Bonchev–Trinajstić information content (AvgIpc) is 2.35. The lowest BCUT2D eigenvalue weighted by atomic mass is 10.4. The Hall–Kier alpha value is -2.02. The Bertz CT molecular complexity index is 369. The third kappa shape index (κ3) is 5.03. The normalized spacial score (nSPS) is 9.71. The Labute approximate surface area is 98.6 Å². The van der Waals surface area contributed by atoms with Gasteiger partial charge in [-0.3, -0.25) is 14.9 Å². The minimum Gasteiger partial charge on any atom is -0.385 e. The molecule has 2 N–H and O–H groups in total. The molecule has 0 fully saturated rings. The van der Waals surface area contributed by atoms with Crippen molar-refractivity contribution in [3.63, 3.8) is 0 Å². The molecule has 1 heterocycles. The van der Waals surface area contributed by atoms with Crippen molar-refractivity contribution < 1.29 is 14.3 Å². The van der Waals surface area contributed by atoms with Gasteiger partial charge in [0, 0.05) is 32.7 Å². The molecule has 1 rings (SSSR count). The molecule has 1 aromatic rings. The number of carbonyl (C=O) groups is 2. The minimum atomic E-state index is -0.784. The summed E-state index contributed by atoms with van der Waals surface area (Å²) in [5.74, 6) is -1.40. The van der Waals surface area contributed by atoms with E-state index in [1.54, 1.807) is 13.2 Å². The second kappa shape index (κ2) is 7.29. The van der Waals surface area contributed by atoms with Crippen LogP contribution < -0.4 is 10.6 Å². The van der Waals surface area contributed by atoms with E-state index in [1.807, 2.05) is 0 Å². The molecule has 0 atom stereocenters. The lowest BCUT2D eigenvalue weighted by molar-refractivity contribution is -0.136. The Morgan fingerprint density at radius 2 is 2.00 bits per heavy atom. The van der Waals surface area contributed by atoms with Gasteiger partial charge in [-0.05, 0) is 12.5 Å². The topological polar surface area (TPSA) is 93.2 Å². The highest BCUT2D eigenvalue weighted by Crippen LogP contribution is 1.93. The smallest absolute Gasteiger partial charge is 0.316 e. The molecular weight excluding hydrogens is 224 g/mol. The monoisotopic (exact) mass is 238 g/mol. The number of nitrogens with one attached hydrogen (secondary N) is 2. The van der Waals surface area contributed by atoms with Gasteiger partial charge >= 0.3 is 11.8 Å². The van der Waals surface area contributed by atoms with Gasteiger partial charge < -0.3 is 10.1 Å². The molecule has 0 aliphatic heterocycles. The van der Waals surface area contributed by atoms with E-state index in [0.717, 1.165) is 0 Å². The number of hydrogen-bond donors (Lipinski definition) is 2. The predicted molar refractivity (Wildman–Crippen MR) is 60.2 cm³/mol. The number of carbonyl (C=O) groups excluding carboxylic acids is 2. The van der Waals surface area contributed by atoms with Crippen LogP contribution in [0.4, 0.5) is 5.95 Å². The molecule has 0 saturated heterocycles. The van der Waals surface area contributed by atoms with Crippen molar-refractivity contribution in [1.29, 1.82) is 0 Å². The molecule has 0 unspecified atom stereocenters. The minimum absolute atomic E-state index is 0.101. The molecule has 0 aliphatic carbocycles. The number of nitrogens with zero attached hydrogens (tertiary/aromatic N) is 2. The fourth-order valence-electron chi connectivity index (χ4n) is 1.02. The van der Waals surface area contributed by atoms with Crippen molar-refractivity contribution in [2.75, 3.05) is 25.6 Å². The number of methoxy groups -OCH3 is 1. The van der Waals surface area contributed by atoms with E-state index in [4.69, 9.17) is 4.74 Å². The largest absolute Gasteiger partial charge is 0.385 e. The van der Waals surface area contributed by atoms with Crippen molar-refractivity contribution in [3.8, 4) is 0 Å². The van der Waals surface area contributed by atoms with Gasteiger partial charge in [-0.25, -0.2) is 9.97 Å². The molecule has 1 aromatic heterocycles. The van der Waals surface area contributed by atoms with Gasteiger partial charge in [-0.15, -0.1) is 0 Å². The van der Waals surface area contributed by atoms with Crippen LogP contribution in [0.25, 0.3) is 0 Å². The number of aromatic nitrogens is 2. The molecule has 7 heteroatoms. The van der Waals surface area contributed by atoms with Crippen molar-refractivity contribution in [2.45, 2.75) is 6.42 Å². The maximum atomic E-state index is 11.3. The third-order valence-corrected chi connectivity index (χ3v) is 1.81. The number of hydrogen-bond acceptors (Lipinski definition) is 5. The van der Waals surface area contributed by atoms with Crippen LogP contribution in [-0.2, 0) is 14.3 Å². The van der Waals surface area contributed by atoms with Gasteiger partial charge in [0.15, 0.2) is 0 Å². The molecular formula is C10H14N4O3. The van der Waals surface area contributed by atoms with Crippen LogP contribution in [0.1, 0.15) is 6.42 Å². The summed E-state index contributed by atoms with van der Waals surface area (Å²) in [6.45, 7) is 0.916. The van der Waals surface area contributed by atoms with Crippen molar-refractivity contribution in [1.82, 2.24) is 15.3 Å². The summed E-state index contributed by atoms with van der Waals surface area (Å²) in [5, 5.41) is 4.73. The van der Waals surface area contributed by atoms with Gasteiger partial charge in [0.1, 0.15) is 0 Å². The van der Waals surface area contributed by atoms with Crippen molar-refractivity contribution in [3.05, 3.63) is 18.5 Å². The predicted octanol–water partition coefficient (Wildman–Crippen LogP) is -0.432. The molecule has 17 heavy (non-hydrogen) atoms. The standard InChI is InChI=1S/C10H14N4O3/c1-17-7-3-6-11-8(15)9(16)14-10-12-4-2-5-13-10/h2,4-5H,3,6-7H2,1H3,(H,11,15)(H,12,13,14,16).